The molecule has 0 bridgehead atoms. The molecule has 0 aliphatic carbocycles. The lowest BCUT2D eigenvalue weighted by Gasteiger charge is -2.32. The van der Waals surface area contributed by atoms with Crippen molar-refractivity contribution in [3.05, 3.63) is 34.3 Å². The molecule has 1 atom stereocenters. The van der Waals surface area contributed by atoms with E-state index in [0.717, 1.165) is 36.0 Å². The topological polar surface area (TPSA) is 46.3 Å². The lowest BCUT2D eigenvalue weighted by molar-refractivity contribution is -0.132. The predicted molar refractivity (Wildman–Crippen MR) is 83.5 cm³/mol. The summed E-state index contributed by atoms with van der Waals surface area (Å²) in [6, 6.07) is 7.93. The molecule has 2 N–H and O–H groups in total. The fourth-order valence-corrected chi connectivity index (χ4v) is 2.64. The van der Waals surface area contributed by atoms with Gasteiger partial charge in [0.25, 0.3) is 0 Å². The maximum atomic E-state index is 12.2. The Morgan fingerprint density at radius 3 is 2.68 bits per heavy atom. The van der Waals surface area contributed by atoms with Gasteiger partial charge in [-0.25, -0.2) is 0 Å². The first kappa shape index (κ1) is 16.5. The molecule has 0 saturated carbocycles. The van der Waals surface area contributed by atoms with Gasteiger partial charge >= 0.3 is 0 Å². The van der Waals surface area contributed by atoms with Crippen molar-refractivity contribution >= 4 is 34.2 Å². The van der Waals surface area contributed by atoms with Crippen molar-refractivity contribution in [2.24, 2.45) is 11.7 Å². The Morgan fingerprint density at radius 1 is 1.37 bits per heavy atom. The van der Waals surface area contributed by atoms with Crippen molar-refractivity contribution in [2.45, 2.75) is 19.3 Å². The first-order chi connectivity index (χ1) is 8.69. The van der Waals surface area contributed by atoms with Crippen LogP contribution in [0.4, 0.5) is 0 Å². The van der Waals surface area contributed by atoms with Gasteiger partial charge in [-0.15, -0.1) is 12.4 Å². The molecule has 1 aliphatic rings. The van der Waals surface area contributed by atoms with Gasteiger partial charge in [0, 0.05) is 17.6 Å². The fraction of sp³-hybridized carbons (Fsp3) is 0.500. The van der Waals surface area contributed by atoms with Gasteiger partial charge in [-0.3, -0.25) is 4.79 Å². The van der Waals surface area contributed by atoms with Crippen LogP contribution in [0, 0.1) is 5.92 Å². The van der Waals surface area contributed by atoms with Gasteiger partial charge in [0.15, 0.2) is 0 Å². The number of rotatable bonds is 3. The van der Waals surface area contributed by atoms with Crippen LogP contribution in [0.2, 0.25) is 0 Å². The Kier molecular flexibility index (Phi) is 6.83. The number of carbonyl (C=O) groups excluding carboxylic acids is 1. The predicted octanol–water partition coefficient (Wildman–Crippen LogP) is 2.61. The van der Waals surface area contributed by atoms with E-state index in [1.165, 1.54) is 0 Å². The normalized spacial score (nSPS) is 18.8. The molecule has 1 heterocycles. The second kappa shape index (κ2) is 7.88. The summed E-state index contributed by atoms with van der Waals surface area (Å²) < 4.78 is 1.04. The smallest absolute Gasteiger partial charge is 0.226 e. The Bertz CT molecular complexity index is 410. The van der Waals surface area contributed by atoms with Gasteiger partial charge in [0.1, 0.15) is 0 Å². The van der Waals surface area contributed by atoms with E-state index in [2.05, 4.69) is 15.9 Å². The third kappa shape index (κ3) is 4.79. The second-order valence-electron chi connectivity index (χ2n) is 4.89. The van der Waals surface area contributed by atoms with E-state index >= 15 is 0 Å². The highest BCUT2D eigenvalue weighted by Crippen LogP contribution is 2.17. The molecule has 1 fully saturated rings. The fourth-order valence-electron chi connectivity index (χ4n) is 2.37. The molecular weight excluding hydrogens is 328 g/mol. The summed E-state index contributed by atoms with van der Waals surface area (Å²) in [5.41, 5.74) is 6.76. The molecule has 1 aromatic rings. The largest absolute Gasteiger partial charge is 0.342 e. The summed E-state index contributed by atoms with van der Waals surface area (Å²) in [6.45, 7) is 2.39. The number of likely N-dealkylation sites (tertiary alicyclic amines) is 1. The molecular formula is C14H20BrClN2O. The zero-order valence-electron chi connectivity index (χ0n) is 10.8. The van der Waals surface area contributed by atoms with Crippen LogP contribution < -0.4 is 5.73 Å². The van der Waals surface area contributed by atoms with Gasteiger partial charge in [-0.1, -0.05) is 28.1 Å². The van der Waals surface area contributed by atoms with Crippen molar-refractivity contribution in [3.8, 4) is 0 Å². The minimum Gasteiger partial charge on any atom is -0.342 e. The number of hydrogen-bond acceptors (Lipinski definition) is 2. The zero-order valence-corrected chi connectivity index (χ0v) is 13.3. The van der Waals surface area contributed by atoms with E-state index in [-0.39, 0.29) is 18.3 Å². The van der Waals surface area contributed by atoms with Gasteiger partial charge < -0.3 is 10.6 Å². The Balaban J connectivity index is 0.00000180. The lowest BCUT2D eigenvalue weighted by Crippen LogP contribution is -2.42. The van der Waals surface area contributed by atoms with Crippen LogP contribution in [-0.2, 0) is 11.2 Å². The number of piperidine rings is 1. The highest BCUT2D eigenvalue weighted by atomic mass is 79.9. The van der Waals surface area contributed by atoms with Gasteiger partial charge in [-0.2, -0.15) is 0 Å². The highest BCUT2D eigenvalue weighted by molar-refractivity contribution is 9.10. The summed E-state index contributed by atoms with van der Waals surface area (Å²) in [7, 11) is 0. The number of amides is 1. The standard InChI is InChI=1S/C14H19BrN2O.ClH/c15-13-5-3-11(4-6-13)8-14(18)17-7-1-2-12(9-16)10-17;/h3-6,12H,1-2,7-10,16H2;1H. The van der Waals surface area contributed by atoms with Crippen molar-refractivity contribution in [2.75, 3.05) is 19.6 Å². The van der Waals surface area contributed by atoms with E-state index in [4.69, 9.17) is 5.73 Å². The SMILES string of the molecule is Cl.NCC1CCCN(C(=O)Cc2ccc(Br)cc2)C1. The zero-order chi connectivity index (χ0) is 13.0. The molecule has 106 valence electrons. The monoisotopic (exact) mass is 346 g/mol. The lowest BCUT2D eigenvalue weighted by atomic mass is 9.97. The summed E-state index contributed by atoms with van der Waals surface area (Å²) in [4.78, 5) is 14.1. The van der Waals surface area contributed by atoms with Crippen LogP contribution in [0.5, 0.6) is 0 Å². The van der Waals surface area contributed by atoms with Crippen molar-refractivity contribution in [3.63, 3.8) is 0 Å². The van der Waals surface area contributed by atoms with Crippen molar-refractivity contribution < 1.29 is 4.79 Å². The molecule has 0 spiro atoms. The van der Waals surface area contributed by atoms with Crippen LogP contribution >= 0.6 is 28.3 Å². The molecule has 1 aromatic carbocycles. The van der Waals surface area contributed by atoms with E-state index in [0.29, 0.717) is 18.9 Å². The number of benzene rings is 1. The molecule has 0 aromatic heterocycles. The average molecular weight is 348 g/mol. The van der Waals surface area contributed by atoms with Crippen LogP contribution in [-0.4, -0.2) is 30.4 Å². The first-order valence-electron chi connectivity index (χ1n) is 6.41. The Labute approximate surface area is 129 Å². The minimum absolute atomic E-state index is 0. The molecule has 2 rings (SSSR count). The third-order valence-electron chi connectivity index (χ3n) is 3.47. The van der Waals surface area contributed by atoms with E-state index in [9.17, 15) is 4.79 Å². The molecule has 1 amide bonds. The molecule has 5 heteroatoms. The number of carbonyl (C=O) groups is 1. The van der Waals surface area contributed by atoms with Crippen LogP contribution in [0.3, 0.4) is 0 Å². The van der Waals surface area contributed by atoms with E-state index < -0.39 is 0 Å². The van der Waals surface area contributed by atoms with Crippen LogP contribution in [0.1, 0.15) is 18.4 Å². The Hall–Kier alpha value is -0.580. The van der Waals surface area contributed by atoms with Crippen LogP contribution in [0.25, 0.3) is 0 Å². The average Bonchev–Trinajstić information content (AvgIpc) is 2.41. The molecule has 0 radical (unpaired) electrons. The highest BCUT2D eigenvalue weighted by Gasteiger charge is 2.22. The number of nitrogens with zero attached hydrogens (tertiary/aromatic N) is 1. The van der Waals surface area contributed by atoms with Crippen LogP contribution in [0.15, 0.2) is 28.7 Å². The molecule has 19 heavy (non-hydrogen) atoms. The summed E-state index contributed by atoms with van der Waals surface area (Å²) >= 11 is 3.40. The Morgan fingerprint density at radius 2 is 2.05 bits per heavy atom. The summed E-state index contributed by atoms with van der Waals surface area (Å²) in [6.07, 6.45) is 2.72. The molecule has 3 nitrogen and oxygen atoms in total. The molecule has 1 unspecified atom stereocenters. The van der Waals surface area contributed by atoms with Gasteiger partial charge in [-0.05, 0) is 43.0 Å². The summed E-state index contributed by atoms with van der Waals surface area (Å²) in [5, 5.41) is 0. The third-order valence-corrected chi connectivity index (χ3v) is 4.00. The van der Waals surface area contributed by atoms with E-state index in [1.54, 1.807) is 0 Å². The number of nitrogens with two attached hydrogens (primary N) is 1. The molecule has 1 saturated heterocycles. The first-order valence-corrected chi connectivity index (χ1v) is 7.20. The quantitative estimate of drug-likeness (QED) is 0.913. The summed E-state index contributed by atoms with van der Waals surface area (Å²) in [5.74, 6) is 0.697. The van der Waals surface area contributed by atoms with Crippen molar-refractivity contribution in [1.82, 2.24) is 4.90 Å². The minimum atomic E-state index is 0. The molecule has 1 aliphatic heterocycles. The van der Waals surface area contributed by atoms with Gasteiger partial charge in [0.05, 0.1) is 6.42 Å². The number of hydrogen-bond donors (Lipinski definition) is 1. The maximum Gasteiger partial charge on any atom is 0.226 e. The number of halogens is 2. The maximum absolute atomic E-state index is 12.2. The second-order valence-corrected chi connectivity index (χ2v) is 5.80. The van der Waals surface area contributed by atoms with Crippen molar-refractivity contribution in [1.29, 1.82) is 0 Å². The van der Waals surface area contributed by atoms with Gasteiger partial charge in [0.2, 0.25) is 5.91 Å². The van der Waals surface area contributed by atoms with E-state index in [1.807, 2.05) is 29.2 Å².